The molecule has 0 aliphatic heterocycles. The van der Waals surface area contributed by atoms with E-state index in [1.54, 1.807) is 12.3 Å². The largest absolute Gasteiger partial charge is 0.272 e. The normalized spacial score (nSPS) is 11.2. The first-order valence-electron chi connectivity index (χ1n) is 7.98. The number of carbonyl (C=O) groups is 1. The lowest BCUT2D eigenvalue weighted by Crippen LogP contribution is -2.19. The Bertz CT molecular complexity index is 890. The fourth-order valence-corrected chi connectivity index (χ4v) is 3.72. The van der Waals surface area contributed by atoms with Crippen molar-refractivity contribution in [3.63, 3.8) is 0 Å². The van der Waals surface area contributed by atoms with Crippen LogP contribution in [0.1, 0.15) is 5.56 Å². The zero-order chi connectivity index (χ0) is 18.0. The molecule has 0 aliphatic rings. The second-order valence-corrected chi connectivity index (χ2v) is 7.32. The highest BCUT2D eigenvalue weighted by Crippen LogP contribution is 2.27. The molecule has 0 unspecified atom stereocenters. The molecule has 1 N–H and O–H groups in total. The predicted octanol–water partition coefficient (Wildman–Crippen LogP) is 4.72. The highest BCUT2D eigenvalue weighted by molar-refractivity contribution is 8.01. The summed E-state index contributed by atoms with van der Waals surface area (Å²) in [7, 11) is 0. The number of benzene rings is 2. The summed E-state index contributed by atoms with van der Waals surface area (Å²) in [4.78, 5) is 16.4. The Morgan fingerprint density at radius 1 is 1.12 bits per heavy atom. The maximum absolute atomic E-state index is 11.8. The van der Waals surface area contributed by atoms with Crippen LogP contribution in [0.15, 0.2) is 81.6 Å². The van der Waals surface area contributed by atoms with Gasteiger partial charge in [-0.2, -0.15) is 5.10 Å². The number of allylic oxidation sites excluding steroid dienone is 1. The quantitative estimate of drug-likeness (QED) is 0.367. The first kappa shape index (κ1) is 18.1. The van der Waals surface area contributed by atoms with E-state index in [1.165, 1.54) is 23.1 Å². The summed E-state index contributed by atoms with van der Waals surface area (Å²) >= 11 is 2.95. The monoisotopic (exact) mass is 379 g/mol. The fourth-order valence-electron chi connectivity index (χ4n) is 2.10. The summed E-state index contributed by atoms with van der Waals surface area (Å²) in [6.07, 6.45) is 5.27. The Morgan fingerprint density at radius 2 is 1.85 bits per heavy atom. The van der Waals surface area contributed by atoms with Crippen molar-refractivity contribution in [2.24, 2.45) is 5.10 Å². The van der Waals surface area contributed by atoms with Gasteiger partial charge >= 0.3 is 0 Å². The van der Waals surface area contributed by atoms with E-state index in [-0.39, 0.29) is 11.7 Å². The standard InChI is InChI=1S/C20H17N3OS2/c24-19(23-21-13-7-10-16-8-3-1-4-9-16)15-26-20-22-18(14-25-20)17-11-5-2-6-12-17/h1-14H,15H2,(H,23,24)/b10-7+,21-13+. The number of hydrogen-bond acceptors (Lipinski definition) is 5. The Balaban J connectivity index is 1.42. The maximum Gasteiger partial charge on any atom is 0.250 e. The van der Waals surface area contributed by atoms with E-state index in [1.807, 2.05) is 72.1 Å². The number of amides is 1. The molecular weight excluding hydrogens is 362 g/mol. The average Bonchev–Trinajstić information content (AvgIpc) is 3.17. The molecular formula is C20H17N3OS2. The third kappa shape index (κ3) is 5.68. The summed E-state index contributed by atoms with van der Waals surface area (Å²) in [5, 5.41) is 5.91. The fraction of sp³-hybridized carbons (Fsp3) is 0.0500. The van der Waals surface area contributed by atoms with Crippen LogP contribution in [-0.2, 0) is 4.79 Å². The Morgan fingerprint density at radius 3 is 2.62 bits per heavy atom. The molecule has 2 aromatic carbocycles. The van der Waals surface area contributed by atoms with Gasteiger partial charge in [0.1, 0.15) is 0 Å². The van der Waals surface area contributed by atoms with Crippen LogP contribution in [0.2, 0.25) is 0 Å². The van der Waals surface area contributed by atoms with Crippen LogP contribution in [0, 0.1) is 0 Å². The number of nitrogens with one attached hydrogen (secondary N) is 1. The van der Waals surface area contributed by atoms with Gasteiger partial charge in [-0.25, -0.2) is 10.4 Å². The second-order valence-electron chi connectivity index (χ2n) is 5.24. The lowest BCUT2D eigenvalue weighted by molar-refractivity contribution is -0.118. The molecule has 0 bridgehead atoms. The maximum atomic E-state index is 11.8. The van der Waals surface area contributed by atoms with Gasteiger partial charge < -0.3 is 0 Å². The van der Waals surface area contributed by atoms with Crippen molar-refractivity contribution in [1.29, 1.82) is 0 Å². The molecule has 4 nitrogen and oxygen atoms in total. The molecule has 0 radical (unpaired) electrons. The zero-order valence-electron chi connectivity index (χ0n) is 13.9. The molecule has 0 atom stereocenters. The molecule has 0 fully saturated rings. The first-order chi connectivity index (χ1) is 12.8. The van der Waals surface area contributed by atoms with E-state index < -0.39 is 0 Å². The molecule has 130 valence electrons. The van der Waals surface area contributed by atoms with Gasteiger partial charge in [-0.3, -0.25) is 4.79 Å². The third-order valence-corrected chi connectivity index (χ3v) is 5.34. The van der Waals surface area contributed by atoms with Gasteiger partial charge in [0.2, 0.25) is 0 Å². The number of aromatic nitrogens is 1. The molecule has 0 saturated heterocycles. The number of thiazole rings is 1. The number of hydrogen-bond donors (Lipinski definition) is 1. The van der Waals surface area contributed by atoms with Crippen LogP contribution in [0.5, 0.6) is 0 Å². The van der Waals surface area contributed by atoms with Crippen molar-refractivity contribution in [3.8, 4) is 11.3 Å². The summed E-state index contributed by atoms with van der Waals surface area (Å²) in [5.74, 6) is 0.123. The summed E-state index contributed by atoms with van der Waals surface area (Å²) in [6.45, 7) is 0. The molecule has 0 spiro atoms. The number of thioether (sulfide) groups is 1. The number of carbonyl (C=O) groups excluding carboxylic acids is 1. The van der Waals surface area contributed by atoms with Gasteiger partial charge in [0.15, 0.2) is 4.34 Å². The second kappa shape index (κ2) is 9.70. The summed E-state index contributed by atoms with van der Waals surface area (Å²) in [6, 6.07) is 19.9. The SMILES string of the molecule is O=C(CSc1nc(-c2ccccc2)cs1)N/N=C/C=C/c1ccccc1. The molecule has 1 amide bonds. The van der Waals surface area contributed by atoms with Gasteiger partial charge in [-0.05, 0) is 11.6 Å². The molecule has 0 aliphatic carbocycles. The highest BCUT2D eigenvalue weighted by Gasteiger charge is 2.07. The van der Waals surface area contributed by atoms with Crippen molar-refractivity contribution < 1.29 is 4.79 Å². The lowest BCUT2D eigenvalue weighted by atomic mass is 10.2. The van der Waals surface area contributed by atoms with Gasteiger partial charge in [-0.15, -0.1) is 11.3 Å². The van der Waals surface area contributed by atoms with Crippen molar-refractivity contribution in [1.82, 2.24) is 10.4 Å². The van der Waals surface area contributed by atoms with Crippen molar-refractivity contribution in [2.75, 3.05) is 5.75 Å². The average molecular weight is 380 g/mol. The van der Waals surface area contributed by atoms with Gasteiger partial charge in [0, 0.05) is 17.2 Å². The first-order valence-corrected chi connectivity index (χ1v) is 9.85. The molecule has 0 saturated carbocycles. The van der Waals surface area contributed by atoms with Gasteiger partial charge in [0.25, 0.3) is 5.91 Å². The summed E-state index contributed by atoms with van der Waals surface area (Å²) in [5.41, 5.74) is 5.61. The minimum Gasteiger partial charge on any atom is -0.272 e. The van der Waals surface area contributed by atoms with Crippen LogP contribution in [0.4, 0.5) is 0 Å². The molecule has 6 heteroatoms. The van der Waals surface area contributed by atoms with E-state index >= 15 is 0 Å². The van der Waals surface area contributed by atoms with Crippen LogP contribution < -0.4 is 5.43 Å². The Labute approximate surface area is 160 Å². The van der Waals surface area contributed by atoms with Gasteiger partial charge in [0.05, 0.1) is 11.4 Å². The molecule has 26 heavy (non-hydrogen) atoms. The highest BCUT2D eigenvalue weighted by atomic mass is 32.2. The zero-order valence-corrected chi connectivity index (χ0v) is 15.5. The smallest absolute Gasteiger partial charge is 0.250 e. The van der Waals surface area contributed by atoms with Crippen LogP contribution >= 0.6 is 23.1 Å². The van der Waals surface area contributed by atoms with E-state index in [0.717, 1.165) is 21.2 Å². The van der Waals surface area contributed by atoms with E-state index in [2.05, 4.69) is 15.5 Å². The Kier molecular flexibility index (Phi) is 6.75. The minimum atomic E-state index is -0.157. The van der Waals surface area contributed by atoms with Crippen molar-refractivity contribution in [3.05, 3.63) is 77.7 Å². The molecule has 3 aromatic rings. The number of nitrogens with zero attached hydrogens (tertiary/aromatic N) is 2. The van der Waals surface area contributed by atoms with E-state index in [9.17, 15) is 4.79 Å². The molecule has 3 rings (SSSR count). The lowest BCUT2D eigenvalue weighted by Gasteiger charge is -1.97. The van der Waals surface area contributed by atoms with Crippen LogP contribution in [0.25, 0.3) is 17.3 Å². The van der Waals surface area contributed by atoms with Gasteiger partial charge in [-0.1, -0.05) is 78.5 Å². The molecule has 1 heterocycles. The van der Waals surface area contributed by atoms with E-state index in [0.29, 0.717) is 0 Å². The third-order valence-electron chi connectivity index (χ3n) is 3.32. The Hall–Kier alpha value is -2.70. The van der Waals surface area contributed by atoms with Crippen molar-refractivity contribution in [2.45, 2.75) is 4.34 Å². The van der Waals surface area contributed by atoms with Crippen LogP contribution in [0.3, 0.4) is 0 Å². The molecule has 1 aromatic heterocycles. The summed E-state index contributed by atoms with van der Waals surface area (Å²) < 4.78 is 0.868. The van der Waals surface area contributed by atoms with Crippen LogP contribution in [-0.4, -0.2) is 22.9 Å². The van der Waals surface area contributed by atoms with E-state index in [4.69, 9.17) is 0 Å². The predicted molar refractivity (Wildman–Crippen MR) is 110 cm³/mol. The number of hydrazone groups is 1. The van der Waals surface area contributed by atoms with Crippen molar-refractivity contribution >= 4 is 41.3 Å². The minimum absolute atomic E-state index is 0.157. The number of rotatable bonds is 7. The topological polar surface area (TPSA) is 54.4 Å².